The van der Waals surface area contributed by atoms with Crippen LogP contribution in [0.25, 0.3) is 0 Å². The molecule has 1 aliphatic heterocycles. The number of hydrogen-bond acceptors (Lipinski definition) is 6. The molecular weight excluding hydrogens is 390 g/mol. The summed E-state index contributed by atoms with van der Waals surface area (Å²) in [4.78, 5) is 25.9. The predicted molar refractivity (Wildman–Crippen MR) is 115 cm³/mol. The quantitative estimate of drug-likeness (QED) is 0.273. The first-order chi connectivity index (χ1) is 13.0. The van der Waals surface area contributed by atoms with Crippen LogP contribution in [-0.4, -0.2) is 67.4 Å². The fourth-order valence-electron chi connectivity index (χ4n) is 2.69. The lowest BCUT2D eigenvalue weighted by Gasteiger charge is -2.36. The summed E-state index contributed by atoms with van der Waals surface area (Å²) in [6.07, 6.45) is -1.42. The van der Waals surface area contributed by atoms with Crippen molar-refractivity contribution in [2.45, 2.75) is 96.8 Å². The molecule has 0 aromatic rings. The van der Waals surface area contributed by atoms with E-state index in [4.69, 9.17) is 13.9 Å². The van der Waals surface area contributed by atoms with Crippen molar-refractivity contribution in [2.75, 3.05) is 13.2 Å². The van der Waals surface area contributed by atoms with E-state index in [1.165, 1.54) is 4.90 Å². The summed E-state index contributed by atoms with van der Waals surface area (Å²) >= 11 is 0. The highest BCUT2D eigenvalue weighted by molar-refractivity contribution is 6.74. The lowest BCUT2D eigenvalue weighted by molar-refractivity contribution is -0.138. The van der Waals surface area contributed by atoms with Crippen molar-refractivity contribution in [3.63, 3.8) is 0 Å². The minimum absolute atomic E-state index is 0.0272. The minimum atomic E-state index is -2.02. The number of carbonyl (C=O) groups excluding carboxylic acids is 2. The number of carbonyl (C=O) groups is 2. The third-order valence-electron chi connectivity index (χ3n) is 5.42. The van der Waals surface area contributed by atoms with Gasteiger partial charge < -0.3 is 19.0 Å². The second-order valence-electron chi connectivity index (χ2n) is 10.1. The number of rotatable bonds is 8. The average Bonchev–Trinajstić information content (AvgIpc) is 3.25. The van der Waals surface area contributed by atoms with Crippen LogP contribution in [0.3, 0.4) is 0 Å². The van der Waals surface area contributed by atoms with Gasteiger partial charge in [-0.3, -0.25) is 4.90 Å². The molecule has 0 bridgehead atoms. The summed E-state index contributed by atoms with van der Waals surface area (Å²) in [6.45, 7) is 22.1. The zero-order chi connectivity index (χ0) is 22.8. The van der Waals surface area contributed by atoms with Gasteiger partial charge in [-0.2, -0.15) is 0 Å². The van der Waals surface area contributed by atoms with Gasteiger partial charge in [0.2, 0.25) is 0 Å². The van der Waals surface area contributed by atoms with E-state index in [0.717, 1.165) is 0 Å². The molecular formula is C21H39NO6Si. The Labute approximate surface area is 176 Å². The Morgan fingerprint density at radius 3 is 2.17 bits per heavy atom. The summed E-state index contributed by atoms with van der Waals surface area (Å²) in [6, 6.07) is -0.787. The number of aliphatic hydroxyl groups is 1. The van der Waals surface area contributed by atoms with Gasteiger partial charge in [-0.1, -0.05) is 27.4 Å². The highest BCUT2D eigenvalue weighted by Gasteiger charge is 2.57. The zero-order valence-electron chi connectivity index (χ0n) is 19.5. The SMILES string of the molecule is C=C(C[C@H](O)[C@@H]1[C@H](CO[Si](C)(C)C(C)(C)C)N1C(=O)OC(C)(C)C)C(=O)OCC. The molecule has 0 radical (unpaired) electrons. The standard InChI is InChI=1S/C21H39NO6Si/c1-11-26-18(24)14(2)12-16(23)17-15(13-27-29(9,10)21(6,7)8)22(17)19(25)28-20(3,4)5/h15-17,23H,2,11-13H2,1,3-10H3/t15-,16-,17-,22?/m0/s1. The average molecular weight is 430 g/mol. The normalized spacial score (nSPS) is 20.8. The van der Waals surface area contributed by atoms with Crippen LogP contribution < -0.4 is 0 Å². The van der Waals surface area contributed by atoms with Crippen LogP contribution in [0.1, 0.15) is 54.9 Å². The number of esters is 1. The van der Waals surface area contributed by atoms with Crippen molar-refractivity contribution in [2.24, 2.45) is 0 Å². The first-order valence-corrected chi connectivity index (χ1v) is 13.1. The van der Waals surface area contributed by atoms with Crippen LogP contribution in [0.5, 0.6) is 0 Å². The number of hydrogen-bond donors (Lipinski definition) is 1. The largest absolute Gasteiger partial charge is 0.463 e. The van der Waals surface area contributed by atoms with Crippen molar-refractivity contribution in [1.29, 1.82) is 0 Å². The molecule has 168 valence electrons. The van der Waals surface area contributed by atoms with Crippen molar-refractivity contribution in [3.8, 4) is 0 Å². The van der Waals surface area contributed by atoms with Crippen molar-refractivity contribution < 1.29 is 28.6 Å². The molecule has 0 spiro atoms. The van der Waals surface area contributed by atoms with E-state index < -0.39 is 38.1 Å². The number of ether oxygens (including phenoxy) is 2. The van der Waals surface area contributed by atoms with E-state index in [1.807, 2.05) is 0 Å². The van der Waals surface area contributed by atoms with Gasteiger partial charge in [-0.15, -0.1) is 0 Å². The van der Waals surface area contributed by atoms with Crippen LogP contribution in [0, 0.1) is 0 Å². The molecule has 1 fully saturated rings. The maximum absolute atomic E-state index is 12.6. The topological polar surface area (TPSA) is 85.1 Å². The summed E-state index contributed by atoms with van der Waals surface area (Å²) in [5.74, 6) is -0.537. The second kappa shape index (κ2) is 9.18. The van der Waals surface area contributed by atoms with Crippen LogP contribution in [-0.2, 0) is 18.7 Å². The molecule has 1 rings (SSSR count). The van der Waals surface area contributed by atoms with E-state index in [9.17, 15) is 14.7 Å². The maximum atomic E-state index is 12.6. The van der Waals surface area contributed by atoms with Gasteiger partial charge in [0.15, 0.2) is 8.32 Å². The molecule has 1 N–H and O–H groups in total. The third-order valence-corrected chi connectivity index (χ3v) is 9.92. The van der Waals surface area contributed by atoms with Gasteiger partial charge in [-0.05, 0) is 45.8 Å². The predicted octanol–water partition coefficient (Wildman–Crippen LogP) is 3.87. The monoisotopic (exact) mass is 429 g/mol. The van der Waals surface area contributed by atoms with E-state index in [0.29, 0.717) is 6.61 Å². The Bertz CT molecular complexity index is 620. The molecule has 0 aromatic heterocycles. The maximum Gasteiger partial charge on any atom is 0.411 e. The third kappa shape index (κ3) is 7.11. The Hall–Kier alpha value is -1.38. The van der Waals surface area contributed by atoms with Crippen LogP contribution in [0.4, 0.5) is 4.79 Å². The van der Waals surface area contributed by atoms with Crippen molar-refractivity contribution in [3.05, 3.63) is 12.2 Å². The first-order valence-electron chi connectivity index (χ1n) is 10.2. The summed E-state index contributed by atoms with van der Waals surface area (Å²) in [5.41, 5.74) is -0.464. The van der Waals surface area contributed by atoms with E-state index in [2.05, 4.69) is 40.4 Å². The van der Waals surface area contributed by atoms with Gasteiger partial charge >= 0.3 is 12.1 Å². The van der Waals surface area contributed by atoms with E-state index >= 15 is 0 Å². The Kier molecular flexibility index (Phi) is 8.12. The first kappa shape index (κ1) is 25.7. The molecule has 0 aromatic carbocycles. The molecule has 1 amide bonds. The Morgan fingerprint density at radius 2 is 1.72 bits per heavy atom. The molecule has 1 heterocycles. The molecule has 0 saturated carbocycles. The van der Waals surface area contributed by atoms with Gasteiger partial charge in [-0.25, -0.2) is 9.59 Å². The molecule has 7 nitrogen and oxygen atoms in total. The van der Waals surface area contributed by atoms with Gasteiger partial charge in [0.05, 0.1) is 31.4 Å². The Balaban J connectivity index is 2.88. The van der Waals surface area contributed by atoms with Gasteiger partial charge in [0.25, 0.3) is 0 Å². The fraction of sp³-hybridized carbons (Fsp3) is 0.810. The summed E-state index contributed by atoms with van der Waals surface area (Å²) in [7, 11) is -2.02. The number of aliphatic hydroxyl groups excluding tert-OH is 1. The minimum Gasteiger partial charge on any atom is -0.463 e. The lowest BCUT2D eigenvalue weighted by Crippen LogP contribution is -2.42. The molecule has 1 aliphatic rings. The van der Waals surface area contributed by atoms with E-state index in [1.54, 1.807) is 27.7 Å². The van der Waals surface area contributed by atoms with E-state index in [-0.39, 0.29) is 29.7 Å². The second-order valence-corrected chi connectivity index (χ2v) is 14.9. The molecule has 0 aliphatic carbocycles. The van der Waals surface area contributed by atoms with Crippen LogP contribution in [0.2, 0.25) is 18.1 Å². The highest BCUT2D eigenvalue weighted by atomic mass is 28.4. The zero-order valence-corrected chi connectivity index (χ0v) is 20.5. The van der Waals surface area contributed by atoms with Gasteiger partial charge in [0, 0.05) is 12.0 Å². The highest BCUT2D eigenvalue weighted by Crippen LogP contribution is 2.40. The molecule has 0 unspecified atom stereocenters. The fourth-order valence-corrected chi connectivity index (χ4v) is 3.71. The molecule has 29 heavy (non-hydrogen) atoms. The molecule has 8 heteroatoms. The molecule has 3 atom stereocenters. The summed E-state index contributed by atoms with van der Waals surface area (Å²) in [5, 5.41) is 10.7. The van der Waals surface area contributed by atoms with Crippen molar-refractivity contribution >= 4 is 20.4 Å². The summed E-state index contributed by atoms with van der Waals surface area (Å²) < 4.78 is 16.7. The lowest BCUT2D eigenvalue weighted by atomic mass is 10.1. The van der Waals surface area contributed by atoms with Crippen LogP contribution in [0.15, 0.2) is 12.2 Å². The smallest absolute Gasteiger partial charge is 0.411 e. The Morgan fingerprint density at radius 1 is 1.17 bits per heavy atom. The number of nitrogens with zero attached hydrogens (tertiary/aromatic N) is 1. The molecule has 1 saturated heterocycles. The van der Waals surface area contributed by atoms with Crippen LogP contribution >= 0.6 is 0 Å². The van der Waals surface area contributed by atoms with Gasteiger partial charge in [0.1, 0.15) is 5.60 Å². The van der Waals surface area contributed by atoms with Crippen molar-refractivity contribution in [1.82, 2.24) is 4.90 Å². The number of amides is 1.